The molecule has 7 nitrogen and oxygen atoms in total. The lowest BCUT2D eigenvalue weighted by atomic mass is 10.3. The molecule has 1 aromatic rings. The molecule has 116 valence electrons. The molecule has 0 aliphatic carbocycles. The van der Waals surface area contributed by atoms with E-state index in [0.717, 1.165) is 32.4 Å². The summed E-state index contributed by atoms with van der Waals surface area (Å²) in [5, 5.41) is 0. The number of sulfonamides is 1. The first kappa shape index (κ1) is 15.9. The highest BCUT2D eigenvalue weighted by atomic mass is 32.2. The lowest BCUT2D eigenvalue weighted by Crippen LogP contribution is -2.52. The van der Waals surface area contributed by atoms with Gasteiger partial charge in [-0.15, -0.1) is 4.57 Å². The smallest absolute Gasteiger partial charge is 0.304 e. The van der Waals surface area contributed by atoms with Crippen LogP contribution in [-0.2, 0) is 10.0 Å². The maximum Gasteiger partial charge on any atom is 0.406 e. The summed E-state index contributed by atoms with van der Waals surface area (Å²) in [6.07, 6.45) is 4.24. The molecule has 1 aliphatic rings. The van der Waals surface area contributed by atoms with Crippen molar-refractivity contribution in [3.8, 4) is 0 Å². The van der Waals surface area contributed by atoms with Gasteiger partial charge < -0.3 is 4.90 Å². The van der Waals surface area contributed by atoms with Crippen molar-refractivity contribution in [1.82, 2.24) is 9.80 Å². The van der Waals surface area contributed by atoms with Gasteiger partial charge in [-0.1, -0.05) is 0 Å². The third-order valence-electron chi connectivity index (χ3n) is 3.38. The standard InChI is InChI=1S/C13H20N4O3S/c1-15-7-9-16(10-8-15)11-13(18)17-5-3-12(4-6-17)14-21(2,19)20/h3-6H,7-11H2,1-2H3/p+1. The molecule has 0 amide bonds. The molecular formula is C13H21N4O3S+. The molecule has 0 spiro atoms. The average molecular weight is 313 g/mol. The largest absolute Gasteiger partial charge is 0.406 e. The summed E-state index contributed by atoms with van der Waals surface area (Å²) >= 11 is 0. The topological polar surface area (TPSA) is 73.6 Å². The van der Waals surface area contributed by atoms with Gasteiger partial charge in [0.1, 0.15) is 6.54 Å². The third-order valence-corrected chi connectivity index (χ3v) is 3.98. The summed E-state index contributed by atoms with van der Waals surface area (Å²) in [7, 11) is -1.22. The number of nitrogens with one attached hydrogen (secondary N) is 1. The van der Waals surface area contributed by atoms with Crippen LogP contribution in [0.3, 0.4) is 0 Å². The van der Waals surface area contributed by atoms with Crippen LogP contribution in [0.25, 0.3) is 0 Å². The Balaban J connectivity index is 1.94. The molecule has 21 heavy (non-hydrogen) atoms. The molecule has 0 radical (unpaired) electrons. The minimum absolute atomic E-state index is 0.0227. The predicted octanol–water partition coefficient (Wildman–Crippen LogP) is -0.767. The maximum atomic E-state index is 12.2. The lowest BCUT2D eigenvalue weighted by Gasteiger charge is -2.30. The summed E-state index contributed by atoms with van der Waals surface area (Å²) in [5.74, 6) is -0.0227. The number of aromatic nitrogens is 1. The van der Waals surface area contributed by atoms with Gasteiger partial charge in [-0.2, -0.15) is 0 Å². The summed E-state index contributed by atoms with van der Waals surface area (Å²) in [6.45, 7) is 4.08. The maximum absolute atomic E-state index is 12.2. The molecule has 1 aliphatic heterocycles. The van der Waals surface area contributed by atoms with Gasteiger partial charge in [0.2, 0.25) is 10.0 Å². The second-order valence-corrected chi connectivity index (χ2v) is 7.09. The molecular weight excluding hydrogens is 292 g/mol. The number of piperazine rings is 1. The van der Waals surface area contributed by atoms with Gasteiger partial charge >= 0.3 is 5.91 Å². The first-order valence-corrected chi connectivity index (χ1v) is 8.66. The Kier molecular flexibility index (Phi) is 4.92. The van der Waals surface area contributed by atoms with Crippen LogP contribution in [-0.4, -0.2) is 70.2 Å². The van der Waals surface area contributed by atoms with E-state index < -0.39 is 10.0 Å². The number of carbonyl (C=O) groups excluding carboxylic acids is 1. The Morgan fingerprint density at radius 2 is 1.81 bits per heavy atom. The van der Waals surface area contributed by atoms with Crippen molar-refractivity contribution in [2.24, 2.45) is 0 Å². The molecule has 2 heterocycles. The SMILES string of the molecule is CN1CCN(CC(=O)[n+]2ccc(NS(C)(=O)=O)cc2)CC1. The van der Waals surface area contributed by atoms with Crippen LogP contribution in [0, 0.1) is 0 Å². The Morgan fingerprint density at radius 1 is 1.24 bits per heavy atom. The van der Waals surface area contributed by atoms with E-state index in [9.17, 15) is 13.2 Å². The average Bonchev–Trinajstić information content (AvgIpc) is 2.40. The monoisotopic (exact) mass is 313 g/mol. The number of nitrogens with zero attached hydrogens (tertiary/aromatic N) is 3. The van der Waals surface area contributed by atoms with Crippen molar-refractivity contribution in [2.75, 3.05) is 50.7 Å². The highest BCUT2D eigenvalue weighted by molar-refractivity contribution is 7.92. The third kappa shape index (κ3) is 5.07. The highest BCUT2D eigenvalue weighted by Crippen LogP contribution is 2.04. The summed E-state index contributed by atoms with van der Waals surface area (Å²) < 4.78 is 26.1. The van der Waals surface area contributed by atoms with Crippen molar-refractivity contribution in [3.05, 3.63) is 24.5 Å². The first-order chi connectivity index (χ1) is 9.83. The van der Waals surface area contributed by atoms with Crippen molar-refractivity contribution in [3.63, 3.8) is 0 Å². The Morgan fingerprint density at radius 3 is 2.33 bits per heavy atom. The normalized spacial score (nSPS) is 17.6. The minimum atomic E-state index is -3.30. The predicted molar refractivity (Wildman–Crippen MR) is 79.7 cm³/mol. The van der Waals surface area contributed by atoms with Crippen molar-refractivity contribution in [2.45, 2.75) is 0 Å². The van der Waals surface area contributed by atoms with E-state index >= 15 is 0 Å². The van der Waals surface area contributed by atoms with Crippen molar-refractivity contribution >= 4 is 21.6 Å². The van der Waals surface area contributed by atoms with E-state index in [1.54, 1.807) is 24.5 Å². The number of pyridine rings is 1. The number of likely N-dealkylation sites (N-methyl/N-ethyl adjacent to an activating group) is 1. The molecule has 0 unspecified atom stereocenters. The molecule has 1 N–H and O–H groups in total. The molecule has 2 rings (SSSR count). The number of anilines is 1. The highest BCUT2D eigenvalue weighted by Gasteiger charge is 2.21. The van der Waals surface area contributed by atoms with Gasteiger partial charge in [-0.3, -0.25) is 9.62 Å². The second-order valence-electron chi connectivity index (χ2n) is 5.34. The minimum Gasteiger partial charge on any atom is -0.304 e. The summed E-state index contributed by atoms with van der Waals surface area (Å²) in [5.41, 5.74) is 0.446. The fraction of sp³-hybridized carbons (Fsp3) is 0.538. The fourth-order valence-electron chi connectivity index (χ4n) is 2.15. The van der Waals surface area contributed by atoms with E-state index in [2.05, 4.69) is 21.6 Å². The molecule has 1 aromatic heterocycles. The van der Waals surface area contributed by atoms with E-state index in [1.807, 2.05) is 0 Å². The molecule has 0 atom stereocenters. The van der Waals surface area contributed by atoms with Gasteiger partial charge in [0.15, 0.2) is 12.4 Å². The molecule has 8 heteroatoms. The van der Waals surface area contributed by atoms with Crippen LogP contribution >= 0.6 is 0 Å². The number of hydrogen-bond acceptors (Lipinski definition) is 5. The van der Waals surface area contributed by atoms with Gasteiger partial charge in [-0.25, -0.2) is 13.2 Å². The second kappa shape index (κ2) is 6.50. The Hall–Kier alpha value is -1.51. The van der Waals surface area contributed by atoms with Crippen LogP contribution in [0.4, 0.5) is 5.69 Å². The van der Waals surface area contributed by atoms with Crippen LogP contribution in [0.1, 0.15) is 4.79 Å². The molecule has 1 fully saturated rings. The van der Waals surface area contributed by atoms with Gasteiger partial charge in [-0.05, 0) is 7.05 Å². The first-order valence-electron chi connectivity index (χ1n) is 6.77. The van der Waals surface area contributed by atoms with E-state index in [-0.39, 0.29) is 5.91 Å². The quantitative estimate of drug-likeness (QED) is 0.739. The summed E-state index contributed by atoms with van der Waals surface area (Å²) in [6, 6.07) is 3.14. The van der Waals surface area contributed by atoms with Crippen molar-refractivity contribution < 1.29 is 17.8 Å². The van der Waals surface area contributed by atoms with Gasteiger partial charge in [0, 0.05) is 38.3 Å². The lowest BCUT2D eigenvalue weighted by molar-refractivity contribution is -0.574. The summed E-state index contributed by atoms with van der Waals surface area (Å²) in [4.78, 5) is 16.5. The number of carbonyl (C=O) groups is 1. The van der Waals surface area contributed by atoms with Gasteiger partial charge in [0.25, 0.3) is 0 Å². The van der Waals surface area contributed by atoms with Crippen molar-refractivity contribution in [1.29, 1.82) is 0 Å². The van der Waals surface area contributed by atoms with Gasteiger partial charge in [0.05, 0.1) is 11.9 Å². The molecule has 0 bridgehead atoms. The zero-order valence-electron chi connectivity index (χ0n) is 12.3. The van der Waals surface area contributed by atoms with E-state index in [1.165, 1.54) is 4.57 Å². The van der Waals surface area contributed by atoms with Crippen LogP contribution in [0.5, 0.6) is 0 Å². The number of rotatable bonds is 4. The van der Waals surface area contributed by atoms with Crippen LogP contribution < -0.4 is 9.29 Å². The van der Waals surface area contributed by atoms with Crippen LogP contribution in [0.2, 0.25) is 0 Å². The zero-order chi connectivity index (χ0) is 15.5. The number of hydrogen-bond donors (Lipinski definition) is 1. The zero-order valence-corrected chi connectivity index (χ0v) is 13.1. The van der Waals surface area contributed by atoms with E-state index in [0.29, 0.717) is 12.2 Å². The molecule has 0 saturated carbocycles. The van der Waals surface area contributed by atoms with Crippen LogP contribution in [0.15, 0.2) is 24.5 Å². The molecule has 1 saturated heterocycles. The fourth-order valence-corrected chi connectivity index (χ4v) is 2.72. The van der Waals surface area contributed by atoms with E-state index in [4.69, 9.17) is 0 Å². The Bertz CT molecular complexity index is 592. The molecule has 0 aromatic carbocycles. The Labute approximate surface area is 125 Å².